The fourth-order valence-corrected chi connectivity index (χ4v) is 3.33. The maximum atomic E-state index is 5.67. The second-order valence-corrected chi connectivity index (χ2v) is 6.24. The second-order valence-electron chi connectivity index (χ2n) is 6.24. The summed E-state index contributed by atoms with van der Waals surface area (Å²) in [7, 11) is 0. The molecule has 1 aromatic heterocycles. The molecule has 1 atom stereocenters. The molecule has 120 valence electrons. The van der Waals surface area contributed by atoms with Crippen LogP contribution in [0, 0.1) is 6.92 Å². The zero-order valence-corrected chi connectivity index (χ0v) is 13.5. The molecule has 2 aromatic rings. The molecule has 23 heavy (non-hydrogen) atoms. The molecule has 2 aliphatic heterocycles. The highest BCUT2D eigenvalue weighted by molar-refractivity contribution is 5.66. The molecular formula is C18H22N4O. The van der Waals surface area contributed by atoms with E-state index < -0.39 is 0 Å². The van der Waals surface area contributed by atoms with E-state index in [4.69, 9.17) is 9.72 Å². The first-order valence-corrected chi connectivity index (χ1v) is 8.36. The lowest BCUT2D eigenvalue weighted by atomic mass is 10.2. The Kier molecular flexibility index (Phi) is 3.87. The standard InChI is InChI=1S/C18H22N4O/c1-13-11-17(19-12-15-6-4-10-23-15)21-18(20-13)22-9-8-14-5-2-3-7-16(14)22/h2-3,5,7,11,15H,4,6,8-10,12H2,1H3,(H,19,20,21). The van der Waals surface area contributed by atoms with Crippen LogP contribution < -0.4 is 10.2 Å². The highest BCUT2D eigenvalue weighted by Gasteiger charge is 2.22. The predicted molar refractivity (Wildman–Crippen MR) is 91.4 cm³/mol. The number of fused-ring (bicyclic) bond motifs is 1. The molecule has 3 heterocycles. The molecule has 0 saturated carbocycles. The molecule has 1 N–H and O–H groups in total. The zero-order valence-electron chi connectivity index (χ0n) is 13.5. The van der Waals surface area contributed by atoms with E-state index in [1.54, 1.807) is 0 Å². The van der Waals surface area contributed by atoms with E-state index in [2.05, 4.69) is 39.5 Å². The minimum Gasteiger partial charge on any atom is -0.376 e. The molecule has 1 saturated heterocycles. The summed E-state index contributed by atoms with van der Waals surface area (Å²) >= 11 is 0. The average molecular weight is 310 g/mol. The third kappa shape index (κ3) is 3.01. The van der Waals surface area contributed by atoms with Crippen LogP contribution >= 0.6 is 0 Å². The van der Waals surface area contributed by atoms with Crippen LogP contribution in [0.5, 0.6) is 0 Å². The number of hydrogen-bond acceptors (Lipinski definition) is 5. The van der Waals surface area contributed by atoms with Crippen LogP contribution in [0.4, 0.5) is 17.5 Å². The number of aromatic nitrogens is 2. The first-order chi connectivity index (χ1) is 11.3. The summed E-state index contributed by atoms with van der Waals surface area (Å²) < 4.78 is 5.67. The lowest BCUT2D eigenvalue weighted by Gasteiger charge is -2.19. The Bertz CT molecular complexity index is 697. The fraction of sp³-hybridized carbons (Fsp3) is 0.444. The molecule has 5 nitrogen and oxygen atoms in total. The Morgan fingerprint density at radius 3 is 3.09 bits per heavy atom. The molecule has 5 heteroatoms. The fourth-order valence-electron chi connectivity index (χ4n) is 3.33. The number of aryl methyl sites for hydroxylation is 1. The largest absolute Gasteiger partial charge is 0.376 e. The smallest absolute Gasteiger partial charge is 0.232 e. The first-order valence-electron chi connectivity index (χ1n) is 8.36. The van der Waals surface area contributed by atoms with Crippen LogP contribution in [0.15, 0.2) is 30.3 Å². The van der Waals surface area contributed by atoms with Crippen molar-refractivity contribution < 1.29 is 4.74 Å². The van der Waals surface area contributed by atoms with Crippen molar-refractivity contribution in [1.29, 1.82) is 0 Å². The van der Waals surface area contributed by atoms with Crippen molar-refractivity contribution >= 4 is 17.5 Å². The van der Waals surface area contributed by atoms with Gasteiger partial charge in [-0.3, -0.25) is 0 Å². The van der Waals surface area contributed by atoms with Gasteiger partial charge in [-0.05, 0) is 37.8 Å². The van der Waals surface area contributed by atoms with Gasteiger partial charge in [-0.1, -0.05) is 18.2 Å². The minimum atomic E-state index is 0.307. The van der Waals surface area contributed by atoms with Crippen molar-refractivity contribution in [2.45, 2.75) is 32.3 Å². The van der Waals surface area contributed by atoms with Crippen LogP contribution in [0.3, 0.4) is 0 Å². The lowest BCUT2D eigenvalue weighted by molar-refractivity contribution is 0.120. The van der Waals surface area contributed by atoms with Gasteiger partial charge < -0.3 is 15.0 Å². The molecule has 0 bridgehead atoms. The number of rotatable bonds is 4. The maximum absolute atomic E-state index is 5.67. The van der Waals surface area contributed by atoms with Gasteiger partial charge in [0.25, 0.3) is 0 Å². The molecule has 0 aliphatic carbocycles. The van der Waals surface area contributed by atoms with Gasteiger partial charge in [0, 0.05) is 37.1 Å². The summed E-state index contributed by atoms with van der Waals surface area (Å²) in [4.78, 5) is 11.6. The van der Waals surface area contributed by atoms with Gasteiger partial charge >= 0.3 is 0 Å². The van der Waals surface area contributed by atoms with E-state index >= 15 is 0 Å². The monoisotopic (exact) mass is 310 g/mol. The molecule has 0 radical (unpaired) electrons. The number of ether oxygens (including phenoxy) is 1. The summed E-state index contributed by atoms with van der Waals surface area (Å²) in [6.07, 6.45) is 3.64. The Balaban J connectivity index is 1.55. The summed E-state index contributed by atoms with van der Waals surface area (Å²) in [6, 6.07) is 10.5. The van der Waals surface area contributed by atoms with E-state index in [0.717, 1.165) is 56.4 Å². The van der Waals surface area contributed by atoms with Crippen LogP contribution in [-0.4, -0.2) is 35.8 Å². The van der Waals surface area contributed by atoms with Crippen molar-refractivity contribution in [1.82, 2.24) is 9.97 Å². The van der Waals surface area contributed by atoms with E-state index in [1.165, 1.54) is 11.3 Å². The summed E-state index contributed by atoms with van der Waals surface area (Å²) in [5.74, 6) is 1.66. The average Bonchev–Trinajstić information content (AvgIpc) is 3.22. The summed E-state index contributed by atoms with van der Waals surface area (Å²) in [5, 5.41) is 3.41. The molecule has 0 amide bonds. The van der Waals surface area contributed by atoms with E-state index in [0.29, 0.717) is 6.10 Å². The zero-order chi connectivity index (χ0) is 15.6. The summed E-state index contributed by atoms with van der Waals surface area (Å²) in [6.45, 7) is 4.65. The minimum absolute atomic E-state index is 0.307. The molecule has 0 spiro atoms. The quantitative estimate of drug-likeness (QED) is 0.940. The number of para-hydroxylation sites is 1. The third-order valence-electron chi connectivity index (χ3n) is 4.51. The molecule has 4 rings (SSSR count). The number of nitrogens with one attached hydrogen (secondary N) is 1. The first kappa shape index (κ1) is 14.5. The normalized spacial score (nSPS) is 19.9. The van der Waals surface area contributed by atoms with Gasteiger partial charge in [-0.15, -0.1) is 0 Å². The summed E-state index contributed by atoms with van der Waals surface area (Å²) in [5.41, 5.74) is 3.57. The highest BCUT2D eigenvalue weighted by atomic mass is 16.5. The maximum Gasteiger partial charge on any atom is 0.232 e. The van der Waals surface area contributed by atoms with Crippen molar-refractivity contribution in [2.24, 2.45) is 0 Å². The number of benzene rings is 1. The van der Waals surface area contributed by atoms with Crippen molar-refractivity contribution in [3.63, 3.8) is 0 Å². The van der Waals surface area contributed by atoms with E-state index in [9.17, 15) is 0 Å². The molecule has 1 aromatic carbocycles. The SMILES string of the molecule is Cc1cc(NCC2CCCO2)nc(N2CCc3ccccc32)n1. The van der Waals surface area contributed by atoms with Crippen LogP contribution in [0.1, 0.15) is 24.1 Å². The Hall–Kier alpha value is -2.14. The van der Waals surface area contributed by atoms with Gasteiger partial charge in [0.15, 0.2) is 0 Å². The van der Waals surface area contributed by atoms with Gasteiger partial charge in [0.05, 0.1) is 6.10 Å². The topological polar surface area (TPSA) is 50.3 Å². The van der Waals surface area contributed by atoms with Gasteiger partial charge in [0.1, 0.15) is 5.82 Å². The van der Waals surface area contributed by atoms with E-state index in [-0.39, 0.29) is 0 Å². The van der Waals surface area contributed by atoms with Gasteiger partial charge in [-0.25, -0.2) is 4.98 Å². The Labute approximate surface area is 136 Å². The van der Waals surface area contributed by atoms with Crippen LogP contribution in [0.25, 0.3) is 0 Å². The van der Waals surface area contributed by atoms with Crippen LogP contribution in [0.2, 0.25) is 0 Å². The van der Waals surface area contributed by atoms with Crippen molar-refractivity contribution in [2.75, 3.05) is 29.9 Å². The number of anilines is 3. The van der Waals surface area contributed by atoms with Crippen molar-refractivity contribution in [3.05, 3.63) is 41.6 Å². The third-order valence-corrected chi connectivity index (χ3v) is 4.51. The molecular weight excluding hydrogens is 288 g/mol. The van der Waals surface area contributed by atoms with Gasteiger partial charge in [0.2, 0.25) is 5.95 Å². The second kappa shape index (κ2) is 6.16. The Morgan fingerprint density at radius 2 is 2.22 bits per heavy atom. The number of hydrogen-bond donors (Lipinski definition) is 1. The van der Waals surface area contributed by atoms with E-state index in [1.807, 2.05) is 13.0 Å². The Morgan fingerprint density at radius 1 is 1.30 bits per heavy atom. The number of nitrogens with zero attached hydrogens (tertiary/aromatic N) is 3. The molecule has 1 unspecified atom stereocenters. The highest BCUT2D eigenvalue weighted by Crippen LogP contribution is 2.32. The van der Waals surface area contributed by atoms with Crippen LogP contribution in [-0.2, 0) is 11.2 Å². The van der Waals surface area contributed by atoms with Gasteiger partial charge in [-0.2, -0.15) is 4.98 Å². The van der Waals surface area contributed by atoms with Crippen molar-refractivity contribution in [3.8, 4) is 0 Å². The predicted octanol–water partition coefficient (Wildman–Crippen LogP) is 3.07. The molecule has 2 aliphatic rings. The lowest BCUT2D eigenvalue weighted by Crippen LogP contribution is -2.21. The molecule has 1 fully saturated rings.